The van der Waals surface area contributed by atoms with Crippen LogP contribution in [0, 0.1) is 6.92 Å². The van der Waals surface area contributed by atoms with Crippen molar-refractivity contribution in [2.75, 3.05) is 20.2 Å². The van der Waals surface area contributed by atoms with Gasteiger partial charge in [0.2, 0.25) is 0 Å². The summed E-state index contributed by atoms with van der Waals surface area (Å²) in [4.78, 5) is 32.6. The third-order valence-electron chi connectivity index (χ3n) is 6.64. The Bertz CT molecular complexity index is 1450. The molecular weight excluding hydrogens is 464 g/mol. The summed E-state index contributed by atoms with van der Waals surface area (Å²) in [5.41, 5.74) is 2.45. The molecule has 1 aliphatic carbocycles. The first-order valence-electron chi connectivity index (χ1n) is 11.8. The van der Waals surface area contributed by atoms with E-state index in [4.69, 9.17) is 9.47 Å². The monoisotopic (exact) mass is 490 g/mol. The summed E-state index contributed by atoms with van der Waals surface area (Å²) in [5.74, 6) is 1.31. The SMILES string of the molecule is CO[C@H]1CCN(C(=O)c2cc3nccc(Oc4ccc5c(c4)cc(C)n5C(=O)NC4CC4)c3s2)C1. The van der Waals surface area contributed by atoms with Crippen LogP contribution in [0.1, 0.15) is 34.6 Å². The van der Waals surface area contributed by atoms with E-state index in [0.717, 1.165) is 46.1 Å². The molecule has 35 heavy (non-hydrogen) atoms. The molecule has 0 radical (unpaired) electrons. The predicted molar refractivity (Wildman–Crippen MR) is 135 cm³/mol. The normalized spacial score (nSPS) is 17.9. The number of likely N-dealkylation sites (tertiary alicyclic amines) is 1. The first kappa shape index (κ1) is 22.1. The molecule has 8 nitrogen and oxygen atoms in total. The number of carbonyl (C=O) groups is 2. The van der Waals surface area contributed by atoms with Crippen LogP contribution in [0.15, 0.2) is 42.6 Å². The first-order chi connectivity index (χ1) is 17.0. The molecule has 1 saturated carbocycles. The zero-order chi connectivity index (χ0) is 24.1. The van der Waals surface area contributed by atoms with Crippen molar-refractivity contribution in [2.45, 2.75) is 38.3 Å². The van der Waals surface area contributed by atoms with E-state index in [9.17, 15) is 9.59 Å². The standard InChI is InChI=1S/C26H26N4O4S/c1-15-11-16-12-18(5-6-21(16)30(15)26(32)28-17-3-4-17)34-22-7-9-27-20-13-23(35-24(20)22)25(31)29-10-8-19(14-29)33-2/h5-7,9,11-13,17,19H,3-4,8,10,14H2,1-2H3,(H,28,32)/t19-/m0/s1. The lowest BCUT2D eigenvalue weighted by Gasteiger charge is -2.14. The molecule has 3 aromatic heterocycles. The average molecular weight is 491 g/mol. The summed E-state index contributed by atoms with van der Waals surface area (Å²) in [5, 5.41) is 3.98. The largest absolute Gasteiger partial charge is 0.456 e. The van der Waals surface area contributed by atoms with Crippen LogP contribution in [0.25, 0.3) is 21.1 Å². The summed E-state index contributed by atoms with van der Waals surface area (Å²) >= 11 is 1.40. The number of ether oxygens (including phenoxy) is 2. The van der Waals surface area contributed by atoms with Gasteiger partial charge in [0.05, 0.1) is 26.7 Å². The number of nitrogens with zero attached hydrogens (tertiary/aromatic N) is 3. The minimum Gasteiger partial charge on any atom is -0.456 e. The molecule has 1 aromatic carbocycles. The fourth-order valence-electron chi connectivity index (χ4n) is 4.62. The molecule has 1 atom stereocenters. The lowest BCUT2D eigenvalue weighted by atomic mass is 10.2. The Hall–Kier alpha value is -3.43. The van der Waals surface area contributed by atoms with Crippen molar-refractivity contribution in [3.8, 4) is 11.5 Å². The summed E-state index contributed by atoms with van der Waals surface area (Å²) in [7, 11) is 1.68. The molecule has 6 rings (SSSR count). The van der Waals surface area contributed by atoms with E-state index in [1.54, 1.807) is 17.9 Å². The number of fused-ring (bicyclic) bond motifs is 2. The number of benzene rings is 1. The van der Waals surface area contributed by atoms with Gasteiger partial charge in [0.25, 0.3) is 5.91 Å². The Morgan fingerprint density at radius 3 is 2.77 bits per heavy atom. The predicted octanol–water partition coefficient (Wildman–Crippen LogP) is 4.93. The van der Waals surface area contributed by atoms with Crippen molar-refractivity contribution in [1.29, 1.82) is 0 Å². The van der Waals surface area contributed by atoms with Crippen LogP contribution in [0.2, 0.25) is 0 Å². The van der Waals surface area contributed by atoms with Crippen LogP contribution in [-0.4, -0.2) is 58.7 Å². The minimum atomic E-state index is -0.0879. The maximum absolute atomic E-state index is 13.0. The topological polar surface area (TPSA) is 85.7 Å². The highest BCUT2D eigenvalue weighted by atomic mass is 32.1. The zero-order valence-corrected chi connectivity index (χ0v) is 20.4. The van der Waals surface area contributed by atoms with E-state index in [0.29, 0.717) is 35.5 Å². The van der Waals surface area contributed by atoms with Gasteiger partial charge in [-0.1, -0.05) is 0 Å². The molecule has 9 heteroatoms. The molecule has 0 spiro atoms. The highest BCUT2D eigenvalue weighted by Crippen LogP contribution is 2.37. The number of rotatable bonds is 5. The van der Waals surface area contributed by atoms with Gasteiger partial charge in [-0.2, -0.15) is 0 Å². The smallest absolute Gasteiger partial charge is 0.326 e. The highest BCUT2D eigenvalue weighted by Gasteiger charge is 2.28. The molecular formula is C26H26N4O4S. The van der Waals surface area contributed by atoms with E-state index >= 15 is 0 Å². The van der Waals surface area contributed by atoms with Gasteiger partial charge in [0, 0.05) is 49.6 Å². The van der Waals surface area contributed by atoms with Crippen molar-refractivity contribution in [3.63, 3.8) is 0 Å². The van der Waals surface area contributed by atoms with Crippen LogP contribution >= 0.6 is 11.3 Å². The van der Waals surface area contributed by atoms with Gasteiger partial charge in [0.15, 0.2) is 0 Å². The summed E-state index contributed by atoms with van der Waals surface area (Å²) in [6.45, 7) is 3.23. The lowest BCUT2D eigenvalue weighted by molar-refractivity contribution is 0.0728. The molecule has 2 aliphatic rings. The molecule has 2 amide bonds. The van der Waals surface area contributed by atoms with Gasteiger partial charge in [-0.3, -0.25) is 14.3 Å². The number of hydrogen-bond donors (Lipinski definition) is 1. The number of methoxy groups -OCH3 is 1. The Morgan fingerprint density at radius 1 is 1.14 bits per heavy atom. The molecule has 1 N–H and O–H groups in total. The molecule has 4 heterocycles. The Kier molecular flexibility index (Phi) is 5.46. The quantitative estimate of drug-likeness (QED) is 0.429. The van der Waals surface area contributed by atoms with Crippen molar-refractivity contribution in [3.05, 3.63) is 53.2 Å². The lowest BCUT2D eigenvalue weighted by Crippen LogP contribution is -2.30. The molecule has 2 fully saturated rings. The molecule has 1 saturated heterocycles. The molecule has 180 valence electrons. The summed E-state index contributed by atoms with van der Waals surface area (Å²) < 4.78 is 14.2. The zero-order valence-electron chi connectivity index (χ0n) is 19.6. The van der Waals surface area contributed by atoms with Gasteiger partial charge in [-0.15, -0.1) is 11.3 Å². The Morgan fingerprint density at radius 2 is 2.00 bits per heavy atom. The maximum Gasteiger partial charge on any atom is 0.326 e. The van der Waals surface area contributed by atoms with Gasteiger partial charge in [0.1, 0.15) is 11.5 Å². The van der Waals surface area contributed by atoms with Crippen LogP contribution < -0.4 is 10.1 Å². The van der Waals surface area contributed by atoms with Crippen molar-refractivity contribution >= 4 is 44.4 Å². The van der Waals surface area contributed by atoms with E-state index < -0.39 is 0 Å². The number of aromatic nitrogens is 2. The molecule has 1 aliphatic heterocycles. The van der Waals surface area contributed by atoms with Gasteiger partial charge < -0.3 is 19.7 Å². The number of amides is 2. The second-order valence-electron chi connectivity index (χ2n) is 9.20. The van der Waals surface area contributed by atoms with Gasteiger partial charge >= 0.3 is 6.03 Å². The van der Waals surface area contributed by atoms with Crippen molar-refractivity contribution < 1.29 is 19.1 Å². The Balaban J connectivity index is 1.27. The van der Waals surface area contributed by atoms with Crippen LogP contribution in [0.5, 0.6) is 11.5 Å². The second kappa shape index (κ2) is 8.66. The number of pyridine rings is 1. The number of aryl methyl sites for hydroxylation is 1. The summed E-state index contributed by atoms with van der Waals surface area (Å²) in [6.07, 6.45) is 4.73. The van der Waals surface area contributed by atoms with E-state index in [-0.39, 0.29) is 18.0 Å². The van der Waals surface area contributed by atoms with E-state index in [2.05, 4.69) is 10.3 Å². The number of nitrogens with one attached hydrogen (secondary N) is 1. The maximum atomic E-state index is 13.0. The summed E-state index contributed by atoms with van der Waals surface area (Å²) in [6, 6.07) is 11.6. The molecule has 0 unspecified atom stereocenters. The first-order valence-corrected chi connectivity index (χ1v) is 12.6. The van der Waals surface area contributed by atoms with Crippen LogP contribution in [0.4, 0.5) is 4.79 Å². The van der Waals surface area contributed by atoms with Gasteiger partial charge in [-0.25, -0.2) is 4.79 Å². The minimum absolute atomic E-state index is 0.00112. The molecule has 0 bridgehead atoms. The average Bonchev–Trinajstić information content (AvgIpc) is 3.24. The molecule has 4 aromatic rings. The fraction of sp³-hybridized carbons (Fsp3) is 0.346. The second-order valence-corrected chi connectivity index (χ2v) is 10.3. The number of carbonyl (C=O) groups excluding carboxylic acids is 2. The van der Waals surface area contributed by atoms with Crippen molar-refractivity contribution in [1.82, 2.24) is 19.8 Å². The third-order valence-corrected chi connectivity index (χ3v) is 7.77. The van der Waals surface area contributed by atoms with E-state index in [1.165, 1.54) is 11.3 Å². The Labute approximate surface area is 206 Å². The van der Waals surface area contributed by atoms with Crippen LogP contribution in [0.3, 0.4) is 0 Å². The van der Waals surface area contributed by atoms with Crippen LogP contribution in [-0.2, 0) is 4.74 Å². The van der Waals surface area contributed by atoms with E-state index in [1.807, 2.05) is 48.2 Å². The third kappa shape index (κ3) is 4.15. The fourth-order valence-corrected chi connectivity index (χ4v) is 5.65. The van der Waals surface area contributed by atoms with Crippen molar-refractivity contribution in [2.24, 2.45) is 0 Å². The van der Waals surface area contributed by atoms with Gasteiger partial charge in [-0.05, 0) is 56.5 Å². The number of thiophene rings is 1. The highest BCUT2D eigenvalue weighted by molar-refractivity contribution is 7.21. The number of hydrogen-bond acceptors (Lipinski definition) is 6.